The van der Waals surface area contributed by atoms with Crippen molar-refractivity contribution < 1.29 is 14.6 Å². The molecule has 0 aliphatic heterocycles. The number of methoxy groups -OCH3 is 1. The fourth-order valence-corrected chi connectivity index (χ4v) is 2.45. The van der Waals surface area contributed by atoms with Gasteiger partial charge in [0.25, 0.3) is 0 Å². The summed E-state index contributed by atoms with van der Waals surface area (Å²) in [7, 11) is 1.60. The summed E-state index contributed by atoms with van der Waals surface area (Å²) in [6.07, 6.45) is 0. The zero-order valence-electron chi connectivity index (χ0n) is 9.34. The molecular weight excluding hydrogens is 236 g/mol. The lowest BCUT2D eigenvalue weighted by atomic mass is 10.1. The van der Waals surface area contributed by atoms with E-state index in [2.05, 4.69) is 0 Å². The first-order valence-electron chi connectivity index (χ1n) is 5.12. The minimum atomic E-state index is -0.829. The van der Waals surface area contributed by atoms with E-state index >= 15 is 0 Å². The van der Waals surface area contributed by atoms with E-state index in [1.165, 1.54) is 11.8 Å². The molecule has 0 spiro atoms. The predicted octanol–water partition coefficient (Wildman–Crippen LogP) is 3.03. The minimum Gasteiger partial charge on any atom is -0.495 e. The molecule has 2 rings (SSSR count). The van der Waals surface area contributed by atoms with Crippen molar-refractivity contribution in [2.75, 3.05) is 12.9 Å². The maximum absolute atomic E-state index is 10.6. The summed E-state index contributed by atoms with van der Waals surface area (Å²) in [4.78, 5) is 11.4. The fraction of sp³-hybridized carbons (Fsp3) is 0.154. The molecule has 0 heterocycles. The van der Waals surface area contributed by atoms with Crippen LogP contribution in [0.1, 0.15) is 0 Å². The maximum Gasteiger partial charge on any atom is 0.313 e. The lowest BCUT2D eigenvalue weighted by Crippen LogP contribution is -1.98. The Kier molecular flexibility index (Phi) is 3.54. The number of benzene rings is 2. The highest BCUT2D eigenvalue weighted by Crippen LogP contribution is 2.35. The van der Waals surface area contributed by atoms with E-state index in [1.807, 2.05) is 36.4 Å². The van der Waals surface area contributed by atoms with Crippen LogP contribution in [-0.2, 0) is 4.79 Å². The smallest absolute Gasteiger partial charge is 0.313 e. The Morgan fingerprint density at radius 1 is 1.29 bits per heavy atom. The highest BCUT2D eigenvalue weighted by molar-refractivity contribution is 8.00. The minimum absolute atomic E-state index is 0.0364. The van der Waals surface area contributed by atoms with Gasteiger partial charge in [-0.05, 0) is 11.5 Å². The molecule has 0 fully saturated rings. The summed E-state index contributed by atoms with van der Waals surface area (Å²) in [6.45, 7) is 0. The molecule has 4 heteroatoms. The highest BCUT2D eigenvalue weighted by atomic mass is 32.2. The highest BCUT2D eigenvalue weighted by Gasteiger charge is 2.09. The summed E-state index contributed by atoms with van der Waals surface area (Å²) < 4.78 is 5.38. The Labute approximate surface area is 103 Å². The molecule has 0 radical (unpaired) electrons. The maximum atomic E-state index is 10.6. The topological polar surface area (TPSA) is 46.5 Å². The van der Waals surface area contributed by atoms with Gasteiger partial charge < -0.3 is 9.84 Å². The van der Waals surface area contributed by atoms with Crippen LogP contribution in [0.4, 0.5) is 0 Å². The molecule has 17 heavy (non-hydrogen) atoms. The van der Waals surface area contributed by atoms with Crippen LogP contribution >= 0.6 is 11.8 Å². The van der Waals surface area contributed by atoms with E-state index in [-0.39, 0.29) is 5.75 Å². The molecule has 0 saturated carbocycles. The second-order valence-corrected chi connectivity index (χ2v) is 4.52. The predicted molar refractivity (Wildman–Crippen MR) is 68.9 cm³/mol. The molecule has 0 unspecified atom stereocenters. The largest absolute Gasteiger partial charge is 0.495 e. The third kappa shape index (κ3) is 2.53. The van der Waals surface area contributed by atoms with Gasteiger partial charge in [0.2, 0.25) is 0 Å². The van der Waals surface area contributed by atoms with Crippen LogP contribution in [0.3, 0.4) is 0 Å². The fourth-order valence-electron chi connectivity index (χ4n) is 1.69. The van der Waals surface area contributed by atoms with E-state index in [4.69, 9.17) is 9.84 Å². The van der Waals surface area contributed by atoms with Gasteiger partial charge in [-0.25, -0.2) is 0 Å². The Morgan fingerprint density at radius 2 is 2.06 bits per heavy atom. The molecule has 88 valence electrons. The average Bonchev–Trinajstić information content (AvgIpc) is 2.35. The van der Waals surface area contributed by atoms with Gasteiger partial charge in [0, 0.05) is 5.39 Å². The van der Waals surface area contributed by atoms with Crippen LogP contribution in [0.25, 0.3) is 10.8 Å². The SMILES string of the molecule is COc1c(SCC(=O)O)ccc2ccccc12. The molecule has 0 aliphatic rings. The Hall–Kier alpha value is -1.68. The number of carboxylic acids is 1. The lowest BCUT2D eigenvalue weighted by Gasteiger charge is -2.10. The van der Waals surface area contributed by atoms with Crippen molar-refractivity contribution in [1.82, 2.24) is 0 Å². The van der Waals surface area contributed by atoms with Gasteiger partial charge in [-0.2, -0.15) is 0 Å². The van der Waals surface area contributed by atoms with Gasteiger partial charge in [-0.1, -0.05) is 30.3 Å². The van der Waals surface area contributed by atoms with Crippen molar-refractivity contribution in [3.8, 4) is 5.75 Å². The molecule has 3 nitrogen and oxygen atoms in total. The zero-order valence-corrected chi connectivity index (χ0v) is 10.2. The van der Waals surface area contributed by atoms with Crippen molar-refractivity contribution in [3.05, 3.63) is 36.4 Å². The monoisotopic (exact) mass is 248 g/mol. The molecule has 0 atom stereocenters. The van der Waals surface area contributed by atoms with E-state index in [1.54, 1.807) is 7.11 Å². The third-order valence-corrected chi connectivity index (χ3v) is 3.42. The molecule has 0 aromatic heterocycles. The molecular formula is C13H12O3S. The second kappa shape index (κ2) is 5.10. The van der Waals surface area contributed by atoms with Crippen molar-refractivity contribution >= 4 is 28.5 Å². The number of fused-ring (bicyclic) bond motifs is 1. The van der Waals surface area contributed by atoms with Crippen molar-refractivity contribution in [3.63, 3.8) is 0 Å². The van der Waals surface area contributed by atoms with Gasteiger partial charge in [0.1, 0.15) is 5.75 Å². The number of carbonyl (C=O) groups is 1. The number of aliphatic carboxylic acids is 1. The van der Waals surface area contributed by atoms with E-state index in [0.29, 0.717) is 0 Å². The number of thioether (sulfide) groups is 1. The number of rotatable bonds is 4. The molecule has 1 N–H and O–H groups in total. The Morgan fingerprint density at radius 3 is 2.76 bits per heavy atom. The molecule has 0 saturated heterocycles. The second-order valence-electron chi connectivity index (χ2n) is 3.50. The van der Waals surface area contributed by atoms with E-state index < -0.39 is 5.97 Å². The van der Waals surface area contributed by atoms with Crippen LogP contribution in [0.15, 0.2) is 41.3 Å². The summed E-state index contributed by atoms with van der Waals surface area (Å²) in [5.41, 5.74) is 0. The quantitative estimate of drug-likeness (QED) is 0.845. The van der Waals surface area contributed by atoms with Crippen LogP contribution in [0.2, 0.25) is 0 Å². The number of carboxylic acid groups (broad SMARTS) is 1. The van der Waals surface area contributed by atoms with Crippen molar-refractivity contribution in [2.24, 2.45) is 0 Å². The first kappa shape index (κ1) is 11.8. The summed E-state index contributed by atoms with van der Waals surface area (Å²) in [5, 5.41) is 10.8. The van der Waals surface area contributed by atoms with E-state index in [0.717, 1.165) is 21.4 Å². The number of ether oxygens (including phenoxy) is 1. The Bertz CT molecular complexity index is 551. The number of hydrogen-bond donors (Lipinski definition) is 1. The normalized spacial score (nSPS) is 10.4. The first-order chi connectivity index (χ1) is 8.22. The first-order valence-corrected chi connectivity index (χ1v) is 6.11. The summed E-state index contributed by atoms with van der Waals surface area (Å²) >= 11 is 1.27. The average molecular weight is 248 g/mol. The zero-order chi connectivity index (χ0) is 12.3. The standard InChI is InChI=1S/C13H12O3S/c1-16-13-10-5-3-2-4-9(10)6-7-11(13)17-8-12(14)15/h2-7H,8H2,1H3,(H,14,15). The van der Waals surface area contributed by atoms with Crippen LogP contribution in [0.5, 0.6) is 5.75 Å². The number of hydrogen-bond acceptors (Lipinski definition) is 3. The van der Waals surface area contributed by atoms with Crippen LogP contribution < -0.4 is 4.74 Å². The van der Waals surface area contributed by atoms with Gasteiger partial charge in [-0.3, -0.25) is 4.79 Å². The molecule has 0 bridgehead atoms. The summed E-state index contributed by atoms with van der Waals surface area (Å²) in [5.74, 6) is -0.0473. The van der Waals surface area contributed by atoms with Crippen LogP contribution in [0, 0.1) is 0 Å². The van der Waals surface area contributed by atoms with Gasteiger partial charge in [0.15, 0.2) is 0 Å². The van der Waals surface area contributed by atoms with E-state index in [9.17, 15) is 4.79 Å². The molecule has 0 amide bonds. The third-order valence-electron chi connectivity index (χ3n) is 2.40. The molecule has 0 aliphatic carbocycles. The van der Waals surface area contributed by atoms with Crippen molar-refractivity contribution in [1.29, 1.82) is 0 Å². The molecule has 2 aromatic rings. The van der Waals surface area contributed by atoms with Crippen LogP contribution in [-0.4, -0.2) is 23.9 Å². The van der Waals surface area contributed by atoms with Gasteiger partial charge in [-0.15, -0.1) is 11.8 Å². The van der Waals surface area contributed by atoms with Gasteiger partial charge >= 0.3 is 5.97 Å². The summed E-state index contributed by atoms with van der Waals surface area (Å²) in [6, 6.07) is 11.8. The lowest BCUT2D eigenvalue weighted by molar-refractivity contribution is -0.133. The van der Waals surface area contributed by atoms with Gasteiger partial charge in [0.05, 0.1) is 17.8 Å². The molecule has 2 aromatic carbocycles. The Balaban J connectivity index is 2.45. The van der Waals surface area contributed by atoms with Crippen molar-refractivity contribution in [2.45, 2.75) is 4.90 Å².